The predicted molar refractivity (Wildman–Crippen MR) is 120 cm³/mol. The largest absolute Gasteiger partial charge is 0.462 e. The van der Waals surface area contributed by atoms with Gasteiger partial charge >= 0.3 is 12.0 Å². The Morgan fingerprint density at radius 2 is 2.00 bits per heavy atom. The average Bonchev–Trinajstić information content (AvgIpc) is 3.37. The maximum Gasteiger partial charge on any atom is 0.341 e. The molecule has 1 aliphatic heterocycles. The second-order valence-corrected chi connectivity index (χ2v) is 8.97. The minimum Gasteiger partial charge on any atom is -0.462 e. The number of esters is 1. The van der Waals surface area contributed by atoms with Crippen LogP contribution in [-0.2, 0) is 32.7 Å². The van der Waals surface area contributed by atoms with E-state index in [1.807, 2.05) is 38.1 Å². The molecule has 1 aromatic heterocycles. The SMILES string of the molecule is CCOC(=O)c1c(NC(=O)CN2C(=O)NC3(CCc4ccccc43)C2=O)sc(CC)c1C. The molecule has 32 heavy (non-hydrogen) atoms. The van der Waals surface area contributed by atoms with Crippen molar-refractivity contribution in [3.05, 3.63) is 51.4 Å². The lowest BCUT2D eigenvalue weighted by atomic mass is 9.92. The van der Waals surface area contributed by atoms with Gasteiger partial charge in [-0.25, -0.2) is 9.59 Å². The number of carbonyl (C=O) groups is 4. The Kier molecular flexibility index (Phi) is 5.77. The number of amides is 4. The summed E-state index contributed by atoms with van der Waals surface area (Å²) in [5.41, 5.74) is 1.78. The highest BCUT2D eigenvalue weighted by molar-refractivity contribution is 7.17. The van der Waals surface area contributed by atoms with Crippen LogP contribution in [0.5, 0.6) is 0 Å². The maximum atomic E-state index is 13.2. The van der Waals surface area contributed by atoms with E-state index in [0.29, 0.717) is 29.8 Å². The lowest BCUT2D eigenvalue weighted by Gasteiger charge is -2.22. The molecule has 8 nitrogen and oxygen atoms in total. The Morgan fingerprint density at radius 3 is 2.72 bits per heavy atom. The van der Waals surface area contributed by atoms with Gasteiger partial charge < -0.3 is 15.4 Å². The Bertz CT molecular complexity index is 1120. The van der Waals surface area contributed by atoms with Crippen molar-refractivity contribution in [2.45, 2.75) is 45.6 Å². The van der Waals surface area contributed by atoms with Gasteiger partial charge in [0.1, 0.15) is 17.1 Å². The molecule has 1 spiro atoms. The first-order chi connectivity index (χ1) is 15.3. The Balaban J connectivity index is 1.54. The molecule has 1 aromatic carbocycles. The number of nitrogens with one attached hydrogen (secondary N) is 2. The second-order valence-electron chi connectivity index (χ2n) is 7.86. The molecule has 1 unspecified atom stereocenters. The van der Waals surface area contributed by atoms with Crippen molar-refractivity contribution < 1.29 is 23.9 Å². The quantitative estimate of drug-likeness (QED) is 0.514. The number of anilines is 1. The third-order valence-electron chi connectivity index (χ3n) is 6.02. The van der Waals surface area contributed by atoms with Crippen LogP contribution in [0.1, 0.15) is 52.2 Å². The summed E-state index contributed by atoms with van der Waals surface area (Å²) < 4.78 is 5.14. The van der Waals surface area contributed by atoms with Crippen LogP contribution < -0.4 is 10.6 Å². The molecule has 4 rings (SSSR count). The third-order valence-corrected chi connectivity index (χ3v) is 7.37. The van der Waals surface area contributed by atoms with Gasteiger partial charge in [-0.15, -0.1) is 11.3 Å². The Labute approximate surface area is 189 Å². The molecule has 0 bridgehead atoms. The standard InChI is InChI=1S/C23H25N3O5S/c1-4-16-13(3)18(20(28)31-5-2)19(32-16)24-17(27)12-26-21(29)23(25-22(26)30)11-10-14-8-6-7-9-15(14)23/h6-9H,4-5,10-12H2,1-3H3,(H,24,27)(H,25,30). The molecule has 4 amide bonds. The van der Waals surface area contributed by atoms with E-state index in [2.05, 4.69) is 10.6 Å². The number of hydrogen-bond donors (Lipinski definition) is 2. The molecular formula is C23H25N3O5S. The molecule has 1 aliphatic carbocycles. The van der Waals surface area contributed by atoms with Crippen molar-refractivity contribution in [3.63, 3.8) is 0 Å². The van der Waals surface area contributed by atoms with Gasteiger partial charge in [0.15, 0.2) is 0 Å². The minimum absolute atomic E-state index is 0.217. The zero-order chi connectivity index (χ0) is 23.0. The zero-order valence-corrected chi connectivity index (χ0v) is 19.1. The Morgan fingerprint density at radius 1 is 1.25 bits per heavy atom. The molecule has 0 saturated carbocycles. The van der Waals surface area contributed by atoms with Crippen LogP contribution in [-0.4, -0.2) is 41.9 Å². The number of carbonyl (C=O) groups excluding carboxylic acids is 4. The van der Waals surface area contributed by atoms with E-state index < -0.39 is 35.9 Å². The van der Waals surface area contributed by atoms with Crippen LogP contribution in [0.3, 0.4) is 0 Å². The molecule has 1 saturated heterocycles. The van der Waals surface area contributed by atoms with E-state index in [-0.39, 0.29) is 6.61 Å². The summed E-state index contributed by atoms with van der Waals surface area (Å²) in [5, 5.41) is 5.90. The fourth-order valence-corrected chi connectivity index (χ4v) is 5.63. The highest BCUT2D eigenvalue weighted by Crippen LogP contribution is 2.41. The summed E-state index contributed by atoms with van der Waals surface area (Å²) in [5.74, 6) is -1.48. The first-order valence-electron chi connectivity index (χ1n) is 10.6. The van der Waals surface area contributed by atoms with Crippen molar-refractivity contribution in [2.75, 3.05) is 18.5 Å². The molecular weight excluding hydrogens is 430 g/mol. The first-order valence-corrected chi connectivity index (χ1v) is 11.5. The lowest BCUT2D eigenvalue weighted by molar-refractivity contribution is -0.134. The number of urea groups is 1. The van der Waals surface area contributed by atoms with Crippen molar-refractivity contribution in [1.29, 1.82) is 0 Å². The van der Waals surface area contributed by atoms with E-state index in [1.165, 1.54) is 11.3 Å². The topological polar surface area (TPSA) is 105 Å². The van der Waals surface area contributed by atoms with Crippen LogP contribution >= 0.6 is 11.3 Å². The number of ether oxygens (including phenoxy) is 1. The first kappa shape index (κ1) is 22.0. The van der Waals surface area contributed by atoms with Crippen molar-refractivity contribution in [1.82, 2.24) is 10.2 Å². The number of benzene rings is 1. The summed E-state index contributed by atoms with van der Waals surface area (Å²) in [6, 6.07) is 6.93. The highest BCUT2D eigenvalue weighted by Gasteiger charge is 2.55. The molecule has 0 radical (unpaired) electrons. The molecule has 168 valence electrons. The molecule has 1 atom stereocenters. The fraction of sp³-hybridized carbons (Fsp3) is 0.391. The van der Waals surface area contributed by atoms with Crippen molar-refractivity contribution in [2.24, 2.45) is 0 Å². The predicted octanol–water partition coefficient (Wildman–Crippen LogP) is 3.13. The van der Waals surface area contributed by atoms with Gasteiger partial charge in [0, 0.05) is 4.88 Å². The molecule has 2 aliphatic rings. The molecule has 2 aromatic rings. The molecule has 2 N–H and O–H groups in total. The average molecular weight is 456 g/mol. The summed E-state index contributed by atoms with van der Waals surface area (Å²) in [6.07, 6.45) is 1.85. The number of hydrogen-bond acceptors (Lipinski definition) is 6. The summed E-state index contributed by atoms with van der Waals surface area (Å²) in [6.45, 7) is 5.28. The van der Waals surface area contributed by atoms with Crippen LogP contribution in [0.4, 0.5) is 9.80 Å². The van der Waals surface area contributed by atoms with Crippen LogP contribution in [0, 0.1) is 6.92 Å². The number of fused-ring (bicyclic) bond motifs is 2. The van der Waals surface area contributed by atoms with E-state index in [9.17, 15) is 19.2 Å². The molecule has 2 heterocycles. The third kappa shape index (κ3) is 3.46. The monoisotopic (exact) mass is 455 g/mol. The van der Waals surface area contributed by atoms with Crippen molar-refractivity contribution in [3.8, 4) is 0 Å². The number of imide groups is 1. The van der Waals surface area contributed by atoms with Gasteiger partial charge in [-0.1, -0.05) is 31.2 Å². The maximum absolute atomic E-state index is 13.2. The number of aryl methyl sites for hydroxylation is 2. The Hall–Kier alpha value is -3.20. The zero-order valence-electron chi connectivity index (χ0n) is 18.2. The summed E-state index contributed by atoms with van der Waals surface area (Å²) >= 11 is 1.30. The van der Waals surface area contributed by atoms with Crippen LogP contribution in [0.15, 0.2) is 24.3 Å². The summed E-state index contributed by atoms with van der Waals surface area (Å²) in [4.78, 5) is 53.1. The number of nitrogens with zero attached hydrogens (tertiary/aromatic N) is 1. The smallest absolute Gasteiger partial charge is 0.341 e. The second kappa shape index (κ2) is 8.38. The van der Waals surface area contributed by atoms with Gasteiger partial charge in [-0.2, -0.15) is 0 Å². The molecule has 1 fully saturated rings. The normalized spacial score (nSPS) is 19.3. The lowest BCUT2D eigenvalue weighted by Crippen LogP contribution is -2.43. The van der Waals surface area contributed by atoms with E-state index in [0.717, 1.165) is 26.5 Å². The van der Waals surface area contributed by atoms with Crippen LogP contribution in [0.2, 0.25) is 0 Å². The van der Waals surface area contributed by atoms with E-state index in [1.54, 1.807) is 6.92 Å². The van der Waals surface area contributed by atoms with E-state index >= 15 is 0 Å². The highest BCUT2D eigenvalue weighted by atomic mass is 32.1. The van der Waals surface area contributed by atoms with Gasteiger partial charge in [-0.05, 0) is 49.8 Å². The van der Waals surface area contributed by atoms with Gasteiger partial charge in [0.25, 0.3) is 5.91 Å². The number of rotatable bonds is 6. The minimum atomic E-state index is -1.11. The van der Waals surface area contributed by atoms with Crippen LogP contribution in [0.25, 0.3) is 0 Å². The summed E-state index contributed by atoms with van der Waals surface area (Å²) in [7, 11) is 0. The molecule has 9 heteroatoms. The van der Waals surface area contributed by atoms with Gasteiger partial charge in [-0.3, -0.25) is 14.5 Å². The van der Waals surface area contributed by atoms with Crippen molar-refractivity contribution >= 4 is 40.2 Å². The van der Waals surface area contributed by atoms with E-state index in [4.69, 9.17) is 4.74 Å². The fourth-order valence-electron chi connectivity index (χ4n) is 4.48. The number of thiophene rings is 1. The van der Waals surface area contributed by atoms with Gasteiger partial charge in [0.2, 0.25) is 5.91 Å². The van der Waals surface area contributed by atoms with Gasteiger partial charge in [0.05, 0.1) is 12.2 Å².